The van der Waals surface area contributed by atoms with E-state index in [1.165, 1.54) is 12.1 Å². The summed E-state index contributed by atoms with van der Waals surface area (Å²) in [5.41, 5.74) is 1.87. The van der Waals surface area contributed by atoms with Gasteiger partial charge in [0, 0.05) is 18.7 Å². The molecule has 1 aliphatic heterocycles. The van der Waals surface area contributed by atoms with Crippen LogP contribution in [0.25, 0.3) is 0 Å². The van der Waals surface area contributed by atoms with Crippen molar-refractivity contribution in [3.05, 3.63) is 58.9 Å². The molecule has 1 fully saturated rings. The van der Waals surface area contributed by atoms with Gasteiger partial charge in [0.1, 0.15) is 0 Å². The van der Waals surface area contributed by atoms with Crippen molar-refractivity contribution < 1.29 is 14.0 Å². The van der Waals surface area contributed by atoms with Crippen molar-refractivity contribution in [1.82, 2.24) is 0 Å². The molecule has 1 heterocycles. The van der Waals surface area contributed by atoms with Gasteiger partial charge in [0.15, 0.2) is 5.82 Å². The number of rotatable bonds is 3. The minimum atomic E-state index is -0.674. The minimum Gasteiger partial charge on any atom is -0.323 e. The van der Waals surface area contributed by atoms with E-state index < -0.39 is 11.7 Å². The molecule has 4 nitrogen and oxygen atoms in total. The van der Waals surface area contributed by atoms with Gasteiger partial charge in [-0.1, -0.05) is 35.4 Å². The highest BCUT2D eigenvalue weighted by Gasteiger charge is 2.35. The molecule has 1 aliphatic rings. The molecule has 1 saturated heterocycles. The first-order valence-electron chi connectivity index (χ1n) is 7.57. The molecule has 0 aromatic heterocycles. The third-order valence-corrected chi connectivity index (χ3v) is 4.34. The molecule has 124 valence electrons. The van der Waals surface area contributed by atoms with E-state index in [2.05, 4.69) is 5.32 Å². The van der Waals surface area contributed by atoms with Gasteiger partial charge in [-0.3, -0.25) is 9.59 Å². The molecule has 2 aromatic rings. The monoisotopic (exact) mass is 346 g/mol. The average Bonchev–Trinajstić information content (AvgIpc) is 2.94. The molecule has 3 rings (SSSR count). The minimum absolute atomic E-state index is 0.0220. The lowest BCUT2D eigenvalue weighted by Crippen LogP contribution is -2.28. The van der Waals surface area contributed by atoms with E-state index in [-0.39, 0.29) is 35.5 Å². The van der Waals surface area contributed by atoms with Crippen LogP contribution in [0.1, 0.15) is 12.0 Å². The van der Waals surface area contributed by atoms with Gasteiger partial charge in [0.05, 0.1) is 16.6 Å². The predicted octanol–water partition coefficient (Wildman–Crippen LogP) is 3.78. The largest absolute Gasteiger partial charge is 0.323 e. The Bertz CT molecular complexity index is 792. The van der Waals surface area contributed by atoms with E-state index in [0.717, 1.165) is 11.3 Å². The quantitative estimate of drug-likeness (QED) is 0.919. The summed E-state index contributed by atoms with van der Waals surface area (Å²) in [6.07, 6.45) is 0.0991. The second kappa shape index (κ2) is 6.61. The van der Waals surface area contributed by atoms with Crippen molar-refractivity contribution >= 4 is 34.8 Å². The molecular formula is C18H16ClFN2O2. The van der Waals surface area contributed by atoms with Crippen LogP contribution < -0.4 is 10.2 Å². The van der Waals surface area contributed by atoms with Crippen molar-refractivity contribution in [2.24, 2.45) is 5.92 Å². The molecule has 6 heteroatoms. The average molecular weight is 347 g/mol. The lowest BCUT2D eigenvalue weighted by molar-refractivity contribution is -0.122. The van der Waals surface area contributed by atoms with E-state index in [1.807, 2.05) is 31.2 Å². The summed E-state index contributed by atoms with van der Waals surface area (Å²) in [6.45, 7) is 2.24. The van der Waals surface area contributed by atoms with Crippen molar-refractivity contribution in [2.75, 3.05) is 16.8 Å². The number of nitrogens with one attached hydrogen (secondary N) is 1. The van der Waals surface area contributed by atoms with E-state index in [1.54, 1.807) is 11.0 Å². The zero-order chi connectivity index (χ0) is 17.3. The van der Waals surface area contributed by atoms with Gasteiger partial charge in [-0.15, -0.1) is 0 Å². The van der Waals surface area contributed by atoms with E-state index in [4.69, 9.17) is 11.6 Å². The second-order valence-electron chi connectivity index (χ2n) is 5.83. The third kappa shape index (κ3) is 3.26. The highest BCUT2D eigenvalue weighted by atomic mass is 35.5. The third-order valence-electron chi connectivity index (χ3n) is 4.05. The number of hydrogen-bond acceptors (Lipinski definition) is 2. The molecule has 0 bridgehead atoms. The summed E-state index contributed by atoms with van der Waals surface area (Å²) in [5, 5.41) is 2.46. The molecule has 1 unspecified atom stereocenters. The normalized spacial score (nSPS) is 17.2. The van der Waals surface area contributed by atoms with Crippen LogP contribution in [0, 0.1) is 18.7 Å². The number of carbonyl (C=O) groups excluding carboxylic acids is 2. The van der Waals surface area contributed by atoms with Gasteiger partial charge in [-0.25, -0.2) is 4.39 Å². The molecule has 0 radical (unpaired) electrons. The number of anilines is 2. The Balaban J connectivity index is 1.72. The summed E-state index contributed by atoms with van der Waals surface area (Å²) >= 11 is 5.71. The summed E-state index contributed by atoms with van der Waals surface area (Å²) in [7, 11) is 0. The van der Waals surface area contributed by atoms with Crippen LogP contribution >= 0.6 is 11.6 Å². The Morgan fingerprint density at radius 1 is 1.25 bits per heavy atom. The summed E-state index contributed by atoms with van der Waals surface area (Å²) in [6, 6.07) is 11.9. The van der Waals surface area contributed by atoms with Gasteiger partial charge in [0.25, 0.3) is 0 Å². The first kappa shape index (κ1) is 16.5. The zero-order valence-electron chi connectivity index (χ0n) is 13.1. The van der Waals surface area contributed by atoms with Crippen LogP contribution in [0.3, 0.4) is 0 Å². The fourth-order valence-corrected chi connectivity index (χ4v) is 2.87. The fourth-order valence-electron chi connectivity index (χ4n) is 2.69. The van der Waals surface area contributed by atoms with Crippen LogP contribution in [0.2, 0.25) is 5.02 Å². The van der Waals surface area contributed by atoms with Crippen molar-refractivity contribution in [3.8, 4) is 0 Å². The van der Waals surface area contributed by atoms with E-state index in [9.17, 15) is 14.0 Å². The smallest absolute Gasteiger partial charge is 0.229 e. The van der Waals surface area contributed by atoms with E-state index >= 15 is 0 Å². The van der Waals surface area contributed by atoms with Gasteiger partial charge in [-0.05, 0) is 31.2 Å². The number of aryl methyl sites for hydroxylation is 1. The molecular weight excluding hydrogens is 331 g/mol. The standard InChI is InChI=1S/C18H16ClFN2O2/c1-11-5-7-13(8-6-11)22-10-12(9-16(22)23)18(24)21-15-4-2-3-14(19)17(15)20/h2-8,12H,9-10H2,1H3,(H,21,24). The molecule has 0 aliphatic carbocycles. The van der Waals surface area contributed by atoms with Gasteiger partial charge in [-0.2, -0.15) is 0 Å². The first-order chi connectivity index (χ1) is 11.5. The number of nitrogens with zero attached hydrogens (tertiary/aromatic N) is 1. The van der Waals surface area contributed by atoms with Crippen LogP contribution in [0.4, 0.5) is 15.8 Å². The number of amides is 2. The molecule has 2 amide bonds. The highest BCUT2D eigenvalue weighted by Crippen LogP contribution is 2.27. The van der Waals surface area contributed by atoms with Crippen molar-refractivity contribution in [3.63, 3.8) is 0 Å². The Labute approximate surface area is 144 Å². The SMILES string of the molecule is Cc1ccc(N2CC(C(=O)Nc3cccc(Cl)c3F)CC2=O)cc1. The maximum absolute atomic E-state index is 13.9. The zero-order valence-corrected chi connectivity index (χ0v) is 13.8. The Morgan fingerprint density at radius 3 is 2.67 bits per heavy atom. The van der Waals surface area contributed by atoms with Gasteiger partial charge < -0.3 is 10.2 Å². The molecule has 1 atom stereocenters. The summed E-state index contributed by atoms with van der Waals surface area (Å²) in [4.78, 5) is 26.1. The topological polar surface area (TPSA) is 49.4 Å². The van der Waals surface area contributed by atoms with Gasteiger partial charge >= 0.3 is 0 Å². The van der Waals surface area contributed by atoms with E-state index in [0.29, 0.717) is 0 Å². The second-order valence-corrected chi connectivity index (χ2v) is 6.24. The molecule has 24 heavy (non-hydrogen) atoms. The van der Waals surface area contributed by atoms with Crippen LogP contribution in [0.5, 0.6) is 0 Å². The van der Waals surface area contributed by atoms with Crippen LogP contribution in [-0.4, -0.2) is 18.4 Å². The Hall–Kier alpha value is -2.40. The van der Waals surface area contributed by atoms with Crippen LogP contribution in [-0.2, 0) is 9.59 Å². The molecule has 0 saturated carbocycles. The highest BCUT2D eigenvalue weighted by molar-refractivity contribution is 6.31. The molecule has 0 spiro atoms. The van der Waals surface area contributed by atoms with Crippen molar-refractivity contribution in [1.29, 1.82) is 0 Å². The lowest BCUT2D eigenvalue weighted by Gasteiger charge is -2.17. The van der Waals surface area contributed by atoms with Crippen molar-refractivity contribution in [2.45, 2.75) is 13.3 Å². The number of benzene rings is 2. The number of carbonyl (C=O) groups is 2. The maximum atomic E-state index is 13.9. The molecule has 2 aromatic carbocycles. The molecule has 1 N–H and O–H groups in total. The number of hydrogen-bond donors (Lipinski definition) is 1. The Kier molecular flexibility index (Phi) is 4.53. The van der Waals surface area contributed by atoms with Gasteiger partial charge in [0.2, 0.25) is 11.8 Å². The maximum Gasteiger partial charge on any atom is 0.229 e. The van der Waals surface area contributed by atoms with Crippen LogP contribution in [0.15, 0.2) is 42.5 Å². The first-order valence-corrected chi connectivity index (χ1v) is 7.95. The number of halogens is 2. The fraction of sp³-hybridized carbons (Fsp3) is 0.222. The predicted molar refractivity (Wildman–Crippen MR) is 91.7 cm³/mol. The Morgan fingerprint density at radius 2 is 1.96 bits per heavy atom. The lowest BCUT2D eigenvalue weighted by atomic mass is 10.1. The summed E-state index contributed by atoms with van der Waals surface area (Å²) < 4.78 is 13.9. The summed E-state index contributed by atoms with van der Waals surface area (Å²) in [5.74, 6) is -1.71.